The lowest BCUT2D eigenvalue weighted by atomic mass is 10.2. The minimum Gasteiger partial charge on any atom is -0.346 e. The lowest BCUT2D eigenvalue weighted by molar-refractivity contribution is 0.0938. The van der Waals surface area contributed by atoms with E-state index < -0.39 is 0 Å². The van der Waals surface area contributed by atoms with Gasteiger partial charge in [0.1, 0.15) is 0 Å². The van der Waals surface area contributed by atoms with E-state index in [4.69, 9.17) is 0 Å². The molecule has 1 fully saturated rings. The second-order valence-corrected chi connectivity index (χ2v) is 5.02. The maximum atomic E-state index is 12.1. The van der Waals surface area contributed by atoms with Crippen LogP contribution in [0.15, 0.2) is 30.6 Å². The second kappa shape index (κ2) is 3.84. The zero-order chi connectivity index (χ0) is 11.9. The van der Waals surface area contributed by atoms with Gasteiger partial charge in [-0.3, -0.25) is 4.79 Å². The van der Waals surface area contributed by atoms with Gasteiger partial charge in [-0.15, -0.1) is 0 Å². The van der Waals surface area contributed by atoms with Crippen molar-refractivity contribution in [2.75, 3.05) is 5.33 Å². The first-order valence-electron chi connectivity index (χ1n) is 5.55. The molecule has 2 aromatic rings. The minimum atomic E-state index is -0.0387. The Morgan fingerprint density at radius 1 is 1.53 bits per heavy atom. The van der Waals surface area contributed by atoms with Crippen LogP contribution in [0.25, 0.3) is 5.52 Å². The molecular weight excluding hydrogens is 282 g/mol. The summed E-state index contributed by atoms with van der Waals surface area (Å²) in [7, 11) is 0. The van der Waals surface area contributed by atoms with E-state index in [2.05, 4.69) is 26.3 Å². The topological polar surface area (TPSA) is 46.4 Å². The van der Waals surface area contributed by atoms with Gasteiger partial charge in [0.15, 0.2) is 0 Å². The zero-order valence-electron chi connectivity index (χ0n) is 9.19. The number of carbonyl (C=O) groups is 1. The van der Waals surface area contributed by atoms with E-state index in [0.717, 1.165) is 23.7 Å². The van der Waals surface area contributed by atoms with Gasteiger partial charge in [-0.2, -0.15) is 5.10 Å². The molecule has 1 saturated carbocycles. The Kier molecular flexibility index (Phi) is 2.43. The first-order valence-corrected chi connectivity index (χ1v) is 6.67. The monoisotopic (exact) mass is 293 g/mol. The molecule has 3 rings (SSSR count). The summed E-state index contributed by atoms with van der Waals surface area (Å²) in [6.45, 7) is 0. The average molecular weight is 294 g/mol. The molecule has 88 valence electrons. The number of nitrogens with one attached hydrogen (secondary N) is 1. The molecule has 0 saturated heterocycles. The maximum absolute atomic E-state index is 12.1. The molecule has 1 aliphatic rings. The number of rotatable bonds is 3. The van der Waals surface area contributed by atoms with E-state index in [-0.39, 0.29) is 11.4 Å². The fourth-order valence-electron chi connectivity index (χ4n) is 1.86. The van der Waals surface area contributed by atoms with Crippen molar-refractivity contribution in [2.24, 2.45) is 0 Å². The van der Waals surface area contributed by atoms with E-state index in [1.165, 1.54) is 0 Å². The maximum Gasteiger partial charge on any atom is 0.255 e. The number of amides is 1. The molecule has 17 heavy (non-hydrogen) atoms. The van der Waals surface area contributed by atoms with Crippen molar-refractivity contribution in [3.8, 4) is 0 Å². The summed E-state index contributed by atoms with van der Waals surface area (Å²) in [5.41, 5.74) is 1.45. The molecule has 0 bridgehead atoms. The molecule has 0 aliphatic heterocycles. The molecule has 5 heteroatoms. The highest BCUT2D eigenvalue weighted by Gasteiger charge is 2.43. The second-order valence-electron chi connectivity index (χ2n) is 4.46. The average Bonchev–Trinajstić information content (AvgIpc) is 2.99. The van der Waals surface area contributed by atoms with Crippen LogP contribution in [-0.4, -0.2) is 26.4 Å². The standard InChI is InChI=1S/C12H12BrN3O/c13-8-12(4-5-12)15-11(17)9-7-14-16-6-2-1-3-10(9)16/h1-3,6-7H,4-5,8H2,(H,15,17). The predicted molar refractivity (Wildman–Crippen MR) is 68.4 cm³/mol. The Labute approximate surface area is 107 Å². The third-order valence-corrected chi connectivity index (χ3v) is 4.23. The molecule has 2 aromatic heterocycles. The van der Waals surface area contributed by atoms with E-state index in [1.807, 2.05) is 24.4 Å². The quantitative estimate of drug-likeness (QED) is 0.880. The Morgan fingerprint density at radius 2 is 2.35 bits per heavy atom. The molecule has 0 aromatic carbocycles. The van der Waals surface area contributed by atoms with Gasteiger partial charge in [-0.1, -0.05) is 22.0 Å². The van der Waals surface area contributed by atoms with Gasteiger partial charge >= 0.3 is 0 Å². The van der Waals surface area contributed by atoms with Crippen molar-refractivity contribution in [1.82, 2.24) is 14.9 Å². The molecule has 1 N–H and O–H groups in total. The highest BCUT2D eigenvalue weighted by Crippen LogP contribution is 2.37. The Bertz CT molecular complexity index is 574. The molecular formula is C12H12BrN3O. The number of halogens is 1. The molecule has 0 unspecified atom stereocenters. The summed E-state index contributed by atoms with van der Waals surface area (Å²) in [6, 6.07) is 5.70. The molecule has 0 atom stereocenters. The van der Waals surface area contributed by atoms with Crippen molar-refractivity contribution in [3.05, 3.63) is 36.2 Å². The molecule has 0 spiro atoms. The zero-order valence-corrected chi connectivity index (χ0v) is 10.8. The van der Waals surface area contributed by atoms with Crippen molar-refractivity contribution < 1.29 is 4.79 Å². The summed E-state index contributed by atoms with van der Waals surface area (Å²) in [5, 5.41) is 8.04. The van der Waals surface area contributed by atoms with Crippen LogP contribution in [-0.2, 0) is 0 Å². The summed E-state index contributed by atoms with van der Waals surface area (Å²) >= 11 is 3.44. The number of pyridine rings is 1. The Morgan fingerprint density at radius 3 is 3.06 bits per heavy atom. The number of fused-ring (bicyclic) bond motifs is 1. The third-order valence-electron chi connectivity index (χ3n) is 3.16. The third kappa shape index (κ3) is 1.84. The van der Waals surface area contributed by atoms with E-state index in [0.29, 0.717) is 5.56 Å². The number of carbonyl (C=O) groups excluding carboxylic acids is 1. The first-order chi connectivity index (χ1) is 8.24. The normalized spacial score (nSPS) is 17.0. The van der Waals surface area contributed by atoms with Crippen LogP contribution in [0.3, 0.4) is 0 Å². The number of hydrogen-bond acceptors (Lipinski definition) is 2. The van der Waals surface area contributed by atoms with Crippen molar-refractivity contribution in [2.45, 2.75) is 18.4 Å². The SMILES string of the molecule is O=C(NC1(CBr)CC1)c1cnn2ccccc12. The number of nitrogens with zero attached hydrogens (tertiary/aromatic N) is 2. The van der Waals surface area contributed by atoms with Crippen LogP contribution in [0, 0.1) is 0 Å². The first kappa shape index (κ1) is 10.8. The van der Waals surface area contributed by atoms with Gasteiger partial charge < -0.3 is 5.32 Å². The molecule has 2 heterocycles. The van der Waals surface area contributed by atoms with Crippen LogP contribution in [0.1, 0.15) is 23.2 Å². The largest absolute Gasteiger partial charge is 0.346 e. The molecule has 1 aliphatic carbocycles. The van der Waals surface area contributed by atoms with Crippen LogP contribution in [0.5, 0.6) is 0 Å². The summed E-state index contributed by atoms with van der Waals surface area (Å²) in [5.74, 6) is -0.0387. The molecule has 1 amide bonds. The van der Waals surface area contributed by atoms with Crippen LogP contribution in [0.2, 0.25) is 0 Å². The predicted octanol–water partition coefficient (Wildman–Crippen LogP) is 1.99. The van der Waals surface area contributed by atoms with Crippen molar-refractivity contribution in [1.29, 1.82) is 0 Å². The highest BCUT2D eigenvalue weighted by molar-refractivity contribution is 9.09. The summed E-state index contributed by atoms with van der Waals surface area (Å²) in [6.07, 6.45) is 5.55. The number of aromatic nitrogens is 2. The van der Waals surface area contributed by atoms with Crippen LogP contribution in [0.4, 0.5) is 0 Å². The van der Waals surface area contributed by atoms with E-state index in [1.54, 1.807) is 10.7 Å². The fraction of sp³-hybridized carbons (Fsp3) is 0.333. The van der Waals surface area contributed by atoms with Gasteiger partial charge in [0.2, 0.25) is 0 Å². The molecule has 0 radical (unpaired) electrons. The lowest BCUT2D eigenvalue weighted by Gasteiger charge is -2.13. The summed E-state index contributed by atoms with van der Waals surface area (Å²) < 4.78 is 1.71. The van der Waals surface area contributed by atoms with Gasteiger partial charge in [0, 0.05) is 11.5 Å². The van der Waals surface area contributed by atoms with Crippen molar-refractivity contribution >= 4 is 27.4 Å². The molecule has 4 nitrogen and oxygen atoms in total. The van der Waals surface area contributed by atoms with Crippen LogP contribution >= 0.6 is 15.9 Å². The fourth-order valence-corrected chi connectivity index (χ4v) is 2.56. The van der Waals surface area contributed by atoms with Crippen LogP contribution < -0.4 is 5.32 Å². The highest BCUT2D eigenvalue weighted by atomic mass is 79.9. The van der Waals surface area contributed by atoms with Gasteiger partial charge in [0.25, 0.3) is 5.91 Å². The van der Waals surface area contributed by atoms with Crippen molar-refractivity contribution in [3.63, 3.8) is 0 Å². The number of hydrogen-bond donors (Lipinski definition) is 1. The Balaban J connectivity index is 1.91. The lowest BCUT2D eigenvalue weighted by Crippen LogP contribution is -2.38. The van der Waals surface area contributed by atoms with Gasteiger partial charge in [0.05, 0.1) is 22.8 Å². The van der Waals surface area contributed by atoms with Gasteiger partial charge in [-0.25, -0.2) is 4.52 Å². The summed E-state index contributed by atoms with van der Waals surface area (Å²) in [4.78, 5) is 12.1. The van der Waals surface area contributed by atoms with E-state index in [9.17, 15) is 4.79 Å². The Hall–Kier alpha value is -1.36. The van der Waals surface area contributed by atoms with Gasteiger partial charge in [-0.05, 0) is 25.0 Å². The minimum absolute atomic E-state index is 0.0277. The van der Waals surface area contributed by atoms with E-state index >= 15 is 0 Å². The smallest absolute Gasteiger partial charge is 0.255 e. The number of alkyl halides is 1.